The Kier molecular flexibility index (Phi) is 2.91. The van der Waals surface area contributed by atoms with Crippen LogP contribution in [0.25, 0.3) is 10.9 Å². The Morgan fingerprint density at radius 1 is 1.53 bits per heavy atom. The van der Waals surface area contributed by atoms with Gasteiger partial charge in [0, 0.05) is 10.9 Å². The van der Waals surface area contributed by atoms with Gasteiger partial charge in [-0.2, -0.15) is 0 Å². The maximum Gasteiger partial charge on any atom is 0.355 e. The summed E-state index contributed by atoms with van der Waals surface area (Å²) in [7, 11) is 0. The molecule has 0 spiro atoms. The first kappa shape index (κ1) is 11.3. The van der Waals surface area contributed by atoms with Gasteiger partial charge in [0.25, 0.3) is 0 Å². The van der Waals surface area contributed by atoms with Crippen molar-refractivity contribution < 1.29 is 18.7 Å². The lowest BCUT2D eigenvalue weighted by Crippen LogP contribution is -2.07. The largest absolute Gasteiger partial charge is 0.461 e. The normalized spacial score (nSPS) is 10.5. The maximum atomic E-state index is 13.6. The van der Waals surface area contributed by atoms with Gasteiger partial charge in [0.05, 0.1) is 12.2 Å². The van der Waals surface area contributed by atoms with E-state index in [0.29, 0.717) is 11.8 Å². The molecule has 0 fully saturated rings. The number of aldehydes is 1. The highest BCUT2D eigenvalue weighted by atomic mass is 19.1. The Bertz CT molecular complexity index is 589. The van der Waals surface area contributed by atoms with Crippen LogP contribution in [0.3, 0.4) is 0 Å². The monoisotopic (exact) mass is 235 g/mol. The average molecular weight is 235 g/mol. The zero-order chi connectivity index (χ0) is 12.4. The van der Waals surface area contributed by atoms with Crippen molar-refractivity contribution in [2.24, 2.45) is 0 Å². The van der Waals surface area contributed by atoms with Crippen molar-refractivity contribution in [2.75, 3.05) is 6.61 Å². The highest BCUT2D eigenvalue weighted by Gasteiger charge is 2.20. The van der Waals surface area contributed by atoms with E-state index < -0.39 is 11.8 Å². The molecule has 17 heavy (non-hydrogen) atoms. The number of H-pyrrole nitrogens is 1. The number of fused-ring (bicyclic) bond motifs is 1. The summed E-state index contributed by atoms with van der Waals surface area (Å²) in [5, 5.41) is 0.116. The van der Waals surface area contributed by atoms with Gasteiger partial charge in [0.1, 0.15) is 11.5 Å². The van der Waals surface area contributed by atoms with E-state index in [1.165, 1.54) is 12.1 Å². The topological polar surface area (TPSA) is 59.2 Å². The summed E-state index contributed by atoms with van der Waals surface area (Å²) < 4.78 is 18.4. The van der Waals surface area contributed by atoms with Crippen molar-refractivity contribution in [3.63, 3.8) is 0 Å². The van der Waals surface area contributed by atoms with Gasteiger partial charge in [-0.25, -0.2) is 9.18 Å². The molecule has 0 saturated carbocycles. The van der Waals surface area contributed by atoms with Crippen LogP contribution in [0.1, 0.15) is 27.8 Å². The Morgan fingerprint density at radius 3 is 2.94 bits per heavy atom. The fourth-order valence-corrected chi connectivity index (χ4v) is 1.71. The van der Waals surface area contributed by atoms with Crippen molar-refractivity contribution in [1.82, 2.24) is 4.98 Å². The van der Waals surface area contributed by atoms with Crippen molar-refractivity contribution >= 4 is 23.2 Å². The van der Waals surface area contributed by atoms with Crippen LogP contribution in [0, 0.1) is 5.82 Å². The van der Waals surface area contributed by atoms with E-state index in [-0.39, 0.29) is 23.3 Å². The average Bonchev–Trinajstić information content (AvgIpc) is 2.69. The third kappa shape index (κ3) is 1.80. The van der Waals surface area contributed by atoms with Crippen molar-refractivity contribution in [3.8, 4) is 0 Å². The highest BCUT2D eigenvalue weighted by molar-refractivity contribution is 6.08. The number of nitrogens with one attached hydrogen (secondary N) is 1. The van der Waals surface area contributed by atoms with Gasteiger partial charge in [0.15, 0.2) is 6.29 Å². The molecule has 1 N–H and O–H groups in total. The minimum Gasteiger partial charge on any atom is -0.461 e. The molecule has 0 amide bonds. The Balaban J connectivity index is 2.69. The van der Waals surface area contributed by atoms with Gasteiger partial charge in [-0.15, -0.1) is 0 Å². The van der Waals surface area contributed by atoms with E-state index in [4.69, 9.17) is 4.74 Å². The van der Waals surface area contributed by atoms with Crippen molar-refractivity contribution in [2.45, 2.75) is 6.92 Å². The predicted octanol–water partition coefficient (Wildman–Crippen LogP) is 2.30. The summed E-state index contributed by atoms with van der Waals surface area (Å²) in [5.41, 5.74) is 0.383. The smallest absolute Gasteiger partial charge is 0.355 e. The molecule has 0 saturated heterocycles. The number of benzene rings is 1. The van der Waals surface area contributed by atoms with Crippen molar-refractivity contribution in [1.29, 1.82) is 0 Å². The van der Waals surface area contributed by atoms with Crippen LogP contribution in [0.5, 0.6) is 0 Å². The number of carbonyl (C=O) groups is 2. The zero-order valence-electron chi connectivity index (χ0n) is 9.12. The summed E-state index contributed by atoms with van der Waals surface area (Å²) in [6, 6.07) is 4.32. The molecule has 0 aliphatic heterocycles. The Morgan fingerprint density at radius 2 is 2.29 bits per heavy atom. The van der Waals surface area contributed by atoms with Gasteiger partial charge in [0.2, 0.25) is 0 Å². The number of ether oxygens (including phenoxy) is 1. The first-order chi connectivity index (χ1) is 8.19. The molecular weight excluding hydrogens is 225 g/mol. The summed E-state index contributed by atoms with van der Waals surface area (Å²) in [6.07, 6.45) is 0.453. The minimum atomic E-state index is -0.662. The second-order valence-electron chi connectivity index (χ2n) is 3.41. The van der Waals surface area contributed by atoms with Gasteiger partial charge in [-0.05, 0) is 19.1 Å². The van der Waals surface area contributed by atoms with Gasteiger partial charge in [-0.3, -0.25) is 4.79 Å². The summed E-state index contributed by atoms with van der Waals surface area (Å²) in [5.74, 6) is -1.21. The van der Waals surface area contributed by atoms with E-state index in [9.17, 15) is 14.0 Å². The summed E-state index contributed by atoms with van der Waals surface area (Å²) >= 11 is 0. The molecule has 4 nitrogen and oxygen atoms in total. The lowest BCUT2D eigenvalue weighted by Gasteiger charge is -1.99. The lowest BCUT2D eigenvalue weighted by molar-refractivity contribution is 0.0518. The second kappa shape index (κ2) is 4.37. The molecule has 2 rings (SSSR count). The lowest BCUT2D eigenvalue weighted by atomic mass is 10.1. The van der Waals surface area contributed by atoms with Crippen LogP contribution in [0.4, 0.5) is 4.39 Å². The zero-order valence-corrected chi connectivity index (χ0v) is 9.12. The van der Waals surface area contributed by atoms with Gasteiger partial charge in [-0.1, -0.05) is 6.07 Å². The predicted molar refractivity (Wildman–Crippen MR) is 59.6 cm³/mol. The molecule has 1 aromatic carbocycles. The van der Waals surface area contributed by atoms with Crippen LogP contribution in [0.15, 0.2) is 18.2 Å². The summed E-state index contributed by atoms with van der Waals surface area (Å²) in [4.78, 5) is 25.2. The van der Waals surface area contributed by atoms with E-state index in [1.807, 2.05) is 0 Å². The number of hydrogen-bond donors (Lipinski definition) is 1. The molecule has 0 unspecified atom stereocenters. The molecule has 88 valence electrons. The molecule has 0 aliphatic carbocycles. The molecule has 1 aromatic heterocycles. The fourth-order valence-electron chi connectivity index (χ4n) is 1.71. The Labute approximate surface area is 96.4 Å². The Hall–Kier alpha value is -2.17. The van der Waals surface area contributed by atoms with E-state index >= 15 is 0 Å². The van der Waals surface area contributed by atoms with Crippen molar-refractivity contribution in [3.05, 3.63) is 35.3 Å². The number of rotatable bonds is 3. The van der Waals surface area contributed by atoms with E-state index in [2.05, 4.69) is 4.98 Å². The number of halogens is 1. The van der Waals surface area contributed by atoms with Gasteiger partial charge < -0.3 is 9.72 Å². The van der Waals surface area contributed by atoms with Crippen LogP contribution in [-0.2, 0) is 4.74 Å². The number of carbonyl (C=O) groups excluding carboxylic acids is 2. The molecule has 0 aliphatic rings. The molecule has 0 radical (unpaired) electrons. The number of aromatic amines is 1. The molecule has 0 bridgehead atoms. The second-order valence-corrected chi connectivity index (χ2v) is 3.41. The molecule has 1 heterocycles. The molecule has 2 aromatic rings. The molecular formula is C12H10FNO3. The van der Waals surface area contributed by atoms with Crippen LogP contribution in [-0.4, -0.2) is 23.8 Å². The third-order valence-electron chi connectivity index (χ3n) is 2.41. The fraction of sp³-hybridized carbons (Fsp3) is 0.167. The summed E-state index contributed by atoms with van der Waals surface area (Å²) in [6.45, 7) is 1.84. The first-order valence-corrected chi connectivity index (χ1v) is 5.11. The minimum absolute atomic E-state index is 0.00319. The first-order valence-electron chi connectivity index (χ1n) is 5.11. The number of hydrogen-bond acceptors (Lipinski definition) is 3. The maximum absolute atomic E-state index is 13.6. The molecule has 5 heteroatoms. The molecule has 0 atom stereocenters. The van der Waals surface area contributed by atoms with E-state index in [0.717, 1.165) is 0 Å². The highest BCUT2D eigenvalue weighted by Crippen LogP contribution is 2.24. The number of aromatic nitrogens is 1. The van der Waals surface area contributed by atoms with Crippen LogP contribution in [0.2, 0.25) is 0 Å². The standard InChI is InChI=1S/C12H10FNO3/c1-2-17-12(16)11-7(6-15)10-8(13)4-3-5-9(10)14-11/h3-6,14H,2H2,1H3. The third-order valence-corrected chi connectivity index (χ3v) is 2.41. The quantitative estimate of drug-likeness (QED) is 0.656. The van der Waals surface area contributed by atoms with Gasteiger partial charge >= 0.3 is 5.97 Å². The van der Waals surface area contributed by atoms with E-state index in [1.54, 1.807) is 13.0 Å². The SMILES string of the molecule is CCOC(=O)c1[nH]c2cccc(F)c2c1C=O. The number of esters is 1. The van der Waals surface area contributed by atoms with Crippen LogP contribution < -0.4 is 0 Å². The van der Waals surface area contributed by atoms with Crippen LogP contribution >= 0.6 is 0 Å².